The van der Waals surface area contributed by atoms with E-state index in [9.17, 15) is 0 Å². The number of aromatic nitrogens is 3. The number of nitrogens with zero attached hydrogens (tertiary/aromatic N) is 2. The molecular formula is C17H18N4. The minimum Gasteiger partial charge on any atom is -0.380 e. The molecule has 4 heteroatoms. The number of benzene rings is 2. The molecular weight excluding hydrogens is 260 g/mol. The summed E-state index contributed by atoms with van der Waals surface area (Å²) >= 11 is 0. The van der Waals surface area contributed by atoms with Crippen molar-refractivity contribution in [3.63, 3.8) is 0 Å². The second-order valence-corrected chi connectivity index (χ2v) is 5.13. The van der Waals surface area contributed by atoms with Crippen LogP contribution in [-0.2, 0) is 6.54 Å². The van der Waals surface area contributed by atoms with E-state index in [1.165, 1.54) is 11.1 Å². The molecule has 0 amide bonds. The van der Waals surface area contributed by atoms with E-state index >= 15 is 0 Å². The van der Waals surface area contributed by atoms with E-state index in [1.807, 2.05) is 25.1 Å². The first-order valence-electron chi connectivity index (χ1n) is 7.00. The molecule has 0 saturated carbocycles. The molecule has 1 heterocycles. The van der Waals surface area contributed by atoms with Gasteiger partial charge in [0.15, 0.2) is 5.82 Å². The quantitative estimate of drug-likeness (QED) is 0.765. The average Bonchev–Trinajstić information content (AvgIpc) is 2.93. The van der Waals surface area contributed by atoms with Crippen molar-refractivity contribution in [3.05, 3.63) is 65.5 Å². The Morgan fingerprint density at radius 1 is 1.00 bits per heavy atom. The zero-order valence-electron chi connectivity index (χ0n) is 12.2. The first-order valence-corrected chi connectivity index (χ1v) is 7.00. The summed E-state index contributed by atoms with van der Waals surface area (Å²) in [6, 6.07) is 16.6. The lowest BCUT2D eigenvalue weighted by molar-refractivity contribution is 1.04. The molecule has 0 aliphatic rings. The van der Waals surface area contributed by atoms with Crippen LogP contribution in [0.2, 0.25) is 0 Å². The highest BCUT2D eigenvalue weighted by atomic mass is 15.2. The third kappa shape index (κ3) is 3.11. The van der Waals surface area contributed by atoms with Crippen molar-refractivity contribution < 1.29 is 0 Å². The largest absolute Gasteiger partial charge is 0.380 e. The SMILES string of the molecule is Cc1ccc(CNc2ccccc2-c2n[nH]c(C)n2)cc1. The standard InChI is InChI=1S/C17H18N4/c1-12-7-9-14(10-8-12)11-18-16-6-4-3-5-15(16)17-19-13(2)20-21-17/h3-10,18H,11H2,1-2H3,(H,19,20,21). The molecule has 1 aromatic heterocycles. The topological polar surface area (TPSA) is 53.6 Å². The lowest BCUT2D eigenvalue weighted by Gasteiger charge is -2.10. The maximum absolute atomic E-state index is 4.40. The zero-order valence-corrected chi connectivity index (χ0v) is 12.2. The summed E-state index contributed by atoms with van der Waals surface area (Å²) in [5.74, 6) is 1.54. The third-order valence-electron chi connectivity index (χ3n) is 3.37. The van der Waals surface area contributed by atoms with Crippen molar-refractivity contribution >= 4 is 5.69 Å². The maximum Gasteiger partial charge on any atom is 0.183 e. The molecule has 2 N–H and O–H groups in total. The van der Waals surface area contributed by atoms with Gasteiger partial charge in [-0.15, -0.1) is 0 Å². The van der Waals surface area contributed by atoms with Gasteiger partial charge in [0.1, 0.15) is 5.82 Å². The highest BCUT2D eigenvalue weighted by Gasteiger charge is 2.08. The van der Waals surface area contributed by atoms with Crippen molar-refractivity contribution in [1.82, 2.24) is 15.2 Å². The van der Waals surface area contributed by atoms with Gasteiger partial charge < -0.3 is 5.32 Å². The van der Waals surface area contributed by atoms with Crippen molar-refractivity contribution in [2.24, 2.45) is 0 Å². The summed E-state index contributed by atoms with van der Waals surface area (Å²) in [5.41, 5.74) is 4.57. The minimum absolute atomic E-state index is 0.722. The van der Waals surface area contributed by atoms with Crippen molar-refractivity contribution in [1.29, 1.82) is 0 Å². The molecule has 0 radical (unpaired) electrons. The van der Waals surface area contributed by atoms with Crippen LogP contribution < -0.4 is 5.32 Å². The molecule has 0 aliphatic heterocycles. The normalized spacial score (nSPS) is 10.6. The molecule has 2 aromatic carbocycles. The van der Waals surface area contributed by atoms with E-state index in [1.54, 1.807) is 0 Å². The molecule has 0 fully saturated rings. The summed E-state index contributed by atoms with van der Waals surface area (Å²) in [5, 5.41) is 10.6. The lowest BCUT2D eigenvalue weighted by atomic mass is 10.1. The van der Waals surface area contributed by atoms with Gasteiger partial charge in [-0.25, -0.2) is 4.98 Å². The number of aryl methyl sites for hydroxylation is 2. The average molecular weight is 278 g/mol. The Bertz CT molecular complexity index is 729. The van der Waals surface area contributed by atoms with E-state index in [-0.39, 0.29) is 0 Å². The van der Waals surface area contributed by atoms with Gasteiger partial charge in [-0.05, 0) is 31.5 Å². The minimum atomic E-state index is 0.722. The maximum atomic E-state index is 4.40. The van der Waals surface area contributed by atoms with Crippen LogP contribution in [0.25, 0.3) is 11.4 Å². The number of H-pyrrole nitrogens is 1. The van der Waals surface area contributed by atoms with Crippen LogP contribution in [0.1, 0.15) is 17.0 Å². The van der Waals surface area contributed by atoms with Crippen LogP contribution >= 0.6 is 0 Å². The predicted octanol–water partition coefficient (Wildman–Crippen LogP) is 3.70. The van der Waals surface area contributed by atoms with Gasteiger partial charge in [-0.1, -0.05) is 42.0 Å². The molecule has 0 aliphatic carbocycles. The van der Waals surface area contributed by atoms with Crippen LogP contribution in [0.5, 0.6) is 0 Å². The van der Waals surface area contributed by atoms with E-state index in [0.29, 0.717) is 0 Å². The Balaban J connectivity index is 1.81. The van der Waals surface area contributed by atoms with E-state index < -0.39 is 0 Å². The van der Waals surface area contributed by atoms with Crippen LogP contribution in [-0.4, -0.2) is 15.2 Å². The van der Waals surface area contributed by atoms with Gasteiger partial charge >= 0.3 is 0 Å². The number of nitrogens with one attached hydrogen (secondary N) is 2. The zero-order chi connectivity index (χ0) is 14.7. The fourth-order valence-electron chi connectivity index (χ4n) is 2.20. The summed E-state index contributed by atoms with van der Waals surface area (Å²) in [6.07, 6.45) is 0. The van der Waals surface area contributed by atoms with Crippen LogP contribution in [0.15, 0.2) is 48.5 Å². The molecule has 21 heavy (non-hydrogen) atoms. The predicted molar refractivity (Wildman–Crippen MR) is 85.1 cm³/mol. The molecule has 0 atom stereocenters. The van der Waals surface area contributed by atoms with Crippen LogP contribution in [0, 0.1) is 13.8 Å². The third-order valence-corrected chi connectivity index (χ3v) is 3.37. The van der Waals surface area contributed by atoms with Crippen LogP contribution in [0.4, 0.5) is 5.69 Å². The van der Waals surface area contributed by atoms with Gasteiger partial charge in [0.05, 0.1) is 0 Å². The van der Waals surface area contributed by atoms with Crippen molar-refractivity contribution in [2.45, 2.75) is 20.4 Å². The summed E-state index contributed by atoms with van der Waals surface area (Å²) in [7, 11) is 0. The molecule has 0 bridgehead atoms. The molecule has 3 aromatic rings. The van der Waals surface area contributed by atoms with Crippen molar-refractivity contribution in [2.75, 3.05) is 5.32 Å². The number of hydrogen-bond donors (Lipinski definition) is 2. The van der Waals surface area contributed by atoms with E-state index in [0.717, 1.165) is 29.4 Å². The highest BCUT2D eigenvalue weighted by molar-refractivity contribution is 5.73. The second-order valence-electron chi connectivity index (χ2n) is 5.13. The summed E-state index contributed by atoms with van der Waals surface area (Å²) < 4.78 is 0. The van der Waals surface area contributed by atoms with Gasteiger partial charge in [0.25, 0.3) is 0 Å². The van der Waals surface area contributed by atoms with Gasteiger partial charge in [-0.2, -0.15) is 5.10 Å². The molecule has 0 unspecified atom stereocenters. The first kappa shape index (κ1) is 13.4. The Morgan fingerprint density at radius 3 is 2.48 bits per heavy atom. The molecule has 3 rings (SSSR count). The fourth-order valence-corrected chi connectivity index (χ4v) is 2.20. The number of anilines is 1. The lowest BCUT2D eigenvalue weighted by Crippen LogP contribution is -2.01. The van der Waals surface area contributed by atoms with E-state index in [2.05, 4.69) is 57.8 Å². The monoisotopic (exact) mass is 278 g/mol. The Morgan fingerprint density at radius 2 is 1.76 bits per heavy atom. The van der Waals surface area contributed by atoms with Crippen LogP contribution in [0.3, 0.4) is 0 Å². The molecule has 0 spiro atoms. The van der Waals surface area contributed by atoms with E-state index in [4.69, 9.17) is 0 Å². The first-order chi connectivity index (χ1) is 10.2. The second kappa shape index (κ2) is 5.79. The smallest absolute Gasteiger partial charge is 0.183 e. The number of aromatic amines is 1. The highest BCUT2D eigenvalue weighted by Crippen LogP contribution is 2.25. The Kier molecular flexibility index (Phi) is 3.69. The fraction of sp³-hybridized carbons (Fsp3) is 0.176. The summed E-state index contributed by atoms with van der Waals surface area (Å²) in [4.78, 5) is 4.40. The van der Waals surface area contributed by atoms with Gasteiger partial charge in [0.2, 0.25) is 0 Å². The Hall–Kier alpha value is -2.62. The Labute approximate surface area is 124 Å². The number of para-hydroxylation sites is 1. The van der Waals surface area contributed by atoms with Gasteiger partial charge in [0, 0.05) is 17.8 Å². The number of rotatable bonds is 4. The molecule has 0 saturated heterocycles. The molecule has 4 nitrogen and oxygen atoms in total. The van der Waals surface area contributed by atoms with Crippen molar-refractivity contribution in [3.8, 4) is 11.4 Å². The summed E-state index contributed by atoms with van der Waals surface area (Å²) in [6.45, 7) is 4.78. The van der Waals surface area contributed by atoms with Gasteiger partial charge in [-0.3, -0.25) is 5.10 Å². The number of hydrogen-bond acceptors (Lipinski definition) is 3. The molecule has 106 valence electrons.